The van der Waals surface area contributed by atoms with E-state index in [9.17, 15) is 5.26 Å². The predicted molar refractivity (Wildman–Crippen MR) is 89.2 cm³/mol. The van der Waals surface area contributed by atoms with Crippen molar-refractivity contribution in [3.05, 3.63) is 71.8 Å². The van der Waals surface area contributed by atoms with Gasteiger partial charge < -0.3 is 0 Å². The second-order valence-corrected chi connectivity index (χ2v) is 6.12. The van der Waals surface area contributed by atoms with Gasteiger partial charge in [0, 0.05) is 6.54 Å². The Balaban J connectivity index is 1.58. The molecule has 1 atom stereocenters. The van der Waals surface area contributed by atoms with Crippen LogP contribution in [0.5, 0.6) is 0 Å². The number of rotatable bonds is 4. The van der Waals surface area contributed by atoms with Crippen LogP contribution in [0.1, 0.15) is 29.9 Å². The molecule has 0 radical (unpaired) electrons. The van der Waals surface area contributed by atoms with Crippen LogP contribution in [0.2, 0.25) is 0 Å². The molecule has 0 aliphatic carbocycles. The normalized spacial score (nSPS) is 17.8. The Labute approximate surface area is 133 Å². The summed E-state index contributed by atoms with van der Waals surface area (Å²) in [7, 11) is 0. The van der Waals surface area contributed by atoms with Gasteiger partial charge in [-0.05, 0) is 43.0 Å². The van der Waals surface area contributed by atoms with Crippen molar-refractivity contribution in [1.82, 2.24) is 4.90 Å². The van der Waals surface area contributed by atoms with Gasteiger partial charge in [0.05, 0.1) is 12.0 Å². The third-order valence-electron chi connectivity index (χ3n) is 4.65. The summed E-state index contributed by atoms with van der Waals surface area (Å²) in [6.07, 6.45) is 2.22. The summed E-state index contributed by atoms with van der Waals surface area (Å²) in [5, 5.41) is 9.57. The molecule has 0 N–H and O–H groups in total. The Morgan fingerprint density at radius 3 is 2.14 bits per heavy atom. The molecule has 1 aliphatic rings. The highest BCUT2D eigenvalue weighted by atomic mass is 15.1. The van der Waals surface area contributed by atoms with E-state index in [0.29, 0.717) is 5.92 Å². The number of nitriles is 1. The highest BCUT2D eigenvalue weighted by Crippen LogP contribution is 2.32. The van der Waals surface area contributed by atoms with Crippen molar-refractivity contribution in [2.45, 2.75) is 25.3 Å². The van der Waals surface area contributed by atoms with Crippen molar-refractivity contribution in [2.75, 3.05) is 13.1 Å². The molecule has 112 valence electrons. The molecule has 2 heteroatoms. The van der Waals surface area contributed by atoms with Gasteiger partial charge in [-0.25, -0.2) is 0 Å². The summed E-state index contributed by atoms with van der Waals surface area (Å²) in [5.74, 6) is 0.527. The topological polar surface area (TPSA) is 27.0 Å². The van der Waals surface area contributed by atoms with Gasteiger partial charge in [-0.2, -0.15) is 5.26 Å². The average Bonchev–Trinajstić information content (AvgIpc) is 2.59. The number of piperidine rings is 1. The van der Waals surface area contributed by atoms with Gasteiger partial charge in [0.15, 0.2) is 0 Å². The SMILES string of the molecule is N#C[C@@H](c1ccccc1)C1CCN(Cc2ccccc2)CC1. The molecular weight excluding hydrogens is 268 g/mol. The molecule has 0 spiro atoms. The lowest BCUT2D eigenvalue weighted by atomic mass is 9.81. The number of hydrogen-bond acceptors (Lipinski definition) is 2. The third kappa shape index (κ3) is 3.55. The maximum Gasteiger partial charge on any atom is 0.0741 e. The van der Waals surface area contributed by atoms with E-state index in [1.807, 2.05) is 18.2 Å². The molecule has 3 rings (SSSR count). The first-order chi connectivity index (χ1) is 10.9. The van der Waals surface area contributed by atoms with Crippen LogP contribution >= 0.6 is 0 Å². The molecule has 1 aliphatic heterocycles. The van der Waals surface area contributed by atoms with Gasteiger partial charge in [0.1, 0.15) is 0 Å². The van der Waals surface area contributed by atoms with Gasteiger partial charge in [0.25, 0.3) is 0 Å². The molecule has 0 saturated carbocycles. The molecule has 2 aromatic carbocycles. The molecular formula is C20H22N2. The fourth-order valence-electron chi connectivity index (χ4n) is 3.40. The largest absolute Gasteiger partial charge is 0.299 e. The van der Waals surface area contributed by atoms with E-state index < -0.39 is 0 Å². The number of nitrogens with zero attached hydrogens (tertiary/aromatic N) is 2. The Kier molecular flexibility index (Phi) is 4.88. The van der Waals surface area contributed by atoms with Crippen LogP contribution in [-0.2, 0) is 6.54 Å². The second-order valence-electron chi connectivity index (χ2n) is 6.12. The third-order valence-corrected chi connectivity index (χ3v) is 4.65. The van der Waals surface area contributed by atoms with Crippen molar-refractivity contribution in [3.8, 4) is 6.07 Å². The summed E-state index contributed by atoms with van der Waals surface area (Å²) in [6, 6.07) is 23.4. The van der Waals surface area contributed by atoms with Crippen LogP contribution in [0.3, 0.4) is 0 Å². The van der Waals surface area contributed by atoms with Crippen molar-refractivity contribution >= 4 is 0 Å². The van der Waals surface area contributed by atoms with Gasteiger partial charge in [-0.3, -0.25) is 4.90 Å². The lowest BCUT2D eigenvalue weighted by Gasteiger charge is -2.34. The van der Waals surface area contributed by atoms with E-state index >= 15 is 0 Å². The van der Waals surface area contributed by atoms with E-state index in [-0.39, 0.29) is 5.92 Å². The van der Waals surface area contributed by atoms with Crippen molar-refractivity contribution < 1.29 is 0 Å². The first-order valence-electron chi connectivity index (χ1n) is 8.07. The fraction of sp³-hybridized carbons (Fsp3) is 0.350. The Morgan fingerprint density at radius 2 is 1.55 bits per heavy atom. The highest BCUT2D eigenvalue weighted by molar-refractivity contribution is 5.26. The number of benzene rings is 2. The first kappa shape index (κ1) is 14.8. The lowest BCUT2D eigenvalue weighted by molar-refractivity contribution is 0.171. The average molecular weight is 290 g/mol. The quantitative estimate of drug-likeness (QED) is 0.843. The molecule has 0 unspecified atom stereocenters. The summed E-state index contributed by atoms with van der Waals surface area (Å²) in [4.78, 5) is 2.51. The van der Waals surface area contributed by atoms with Crippen LogP contribution in [-0.4, -0.2) is 18.0 Å². The predicted octanol–water partition coefficient (Wildman–Crippen LogP) is 4.21. The van der Waals surface area contributed by atoms with E-state index in [4.69, 9.17) is 0 Å². The molecule has 22 heavy (non-hydrogen) atoms. The molecule has 2 aromatic rings. The summed E-state index contributed by atoms with van der Waals surface area (Å²) in [6.45, 7) is 3.20. The Hall–Kier alpha value is -2.11. The van der Waals surface area contributed by atoms with Gasteiger partial charge >= 0.3 is 0 Å². The minimum absolute atomic E-state index is 0.0417. The van der Waals surface area contributed by atoms with E-state index in [0.717, 1.165) is 32.5 Å². The van der Waals surface area contributed by atoms with Crippen LogP contribution in [0.25, 0.3) is 0 Å². The summed E-state index contributed by atoms with van der Waals surface area (Å²) < 4.78 is 0. The van der Waals surface area contributed by atoms with E-state index in [2.05, 4.69) is 53.4 Å². The van der Waals surface area contributed by atoms with Crippen molar-refractivity contribution in [3.63, 3.8) is 0 Å². The first-order valence-corrected chi connectivity index (χ1v) is 8.07. The van der Waals surface area contributed by atoms with Crippen LogP contribution in [0, 0.1) is 17.2 Å². The van der Waals surface area contributed by atoms with Crippen molar-refractivity contribution in [2.24, 2.45) is 5.92 Å². The zero-order valence-electron chi connectivity index (χ0n) is 12.9. The molecule has 0 bridgehead atoms. The van der Waals surface area contributed by atoms with Gasteiger partial charge in [0.2, 0.25) is 0 Å². The van der Waals surface area contributed by atoms with E-state index in [1.165, 1.54) is 11.1 Å². The zero-order valence-corrected chi connectivity index (χ0v) is 12.9. The van der Waals surface area contributed by atoms with Gasteiger partial charge in [-0.1, -0.05) is 60.7 Å². The summed E-state index contributed by atoms with van der Waals surface area (Å²) >= 11 is 0. The molecule has 1 fully saturated rings. The molecule has 2 nitrogen and oxygen atoms in total. The summed E-state index contributed by atoms with van der Waals surface area (Å²) in [5.41, 5.74) is 2.55. The maximum atomic E-state index is 9.57. The lowest BCUT2D eigenvalue weighted by Crippen LogP contribution is -2.35. The standard InChI is InChI=1S/C20H22N2/c21-15-20(18-9-5-2-6-10-18)19-11-13-22(14-12-19)16-17-7-3-1-4-8-17/h1-10,19-20H,11-14,16H2/t20-/m0/s1. The number of likely N-dealkylation sites (tertiary alicyclic amines) is 1. The van der Waals surface area contributed by atoms with E-state index in [1.54, 1.807) is 0 Å². The van der Waals surface area contributed by atoms with Crippen LogP contribution in [0.4, 0.5) is 0 Å². The smallest absolute Gasteiger partial charge is 0.0741 e. The minimum Gasteiger partial charge on any atom is -0.299 e. The monoisotopic (exact) mass is 290 g/mol. The van der Waals surface area contributed by atoms with Gasteiger partial charge in [-0.15, -0.1) is 0 Å². The Morgan fingerprint density at radius 1 is 0.955 bits per heavy atom. The number of hydrogen-bond donors (Lipinski definition) is 0. The zero-order chi connectivity index (χ0) is 15.2. The Bertz CT molecular complexity index is 607. The minimum atomic E-state index is 0.0417. The van der Waals surface area contributed by atoms with Crippen molar-refractivity contribution in [1.29, 1.82) is 5.26 Å². The highest BCUT2D eigenvalue weighted by Gasteiger charge is 2.27. The molecule has 1 heterocycles. The molecule has 0 amide bonds. The second kappa shape index (κ2) is 7.24. The van der Waals surface area contributed by atoms with Crippen LogP contribution < -0.4 is 0 Å². The maximum absolute atomic E-state index is 9.57. The fourth-order valence-corrected chi connectivity index (χ4v) is 3.40. The molecule has 1 saturated heterocycles. The molecule has 0 aromatic heterocycles. The van der Waals surface area contributed by atoms with Crippen LogP contribution in [0.15, 0.2) is 60.7 Å².